The lowest BCUT2D eigenvalue weighted by atomic mass is 10.3. The van der Waals surface area contributed by atoms with Crippen molar-refractivity contribution in [3.05, 3.63) is 28.2 Å². The Morgan fingerprint density at radius 2 is 2.09 bits per heavy atom. The number of carbonyl (C=O) groups is 1. The Morgan fingerprint density at radius 3 is 2.73 bits per heavy atom. The molecule has 0 bridgehead atoms. The number of rotatable bonds is 9. The first-order chi connectivity index (χ1) is 10.0. The number of ether oxygens (including phenoxy) is 1. The Kier molecular flexibility index (Phi) is 11.5. The van der Waals surface area contributed by atoms with Gasteiger partial charge in [-0.2, -0.15) is 0 Å². The van der Waals surface area contributed by atoms with Gasteiger partial charge in [0, 0.05) is 24.0 Å². The Balaban J connectivity index is 0.00000441. The maximum absolute atomic E-state index is 11.6. The van der Waals surface area contributed by atoms with Gasteiger partial charge < -0.3 is 15.4 Å². The van der Waals surface area contributed by atoms with Gasteiger partial charge in [-0.1, -0.05) is 30.1 Å². The lowest BCUT2D eigenvalue weighted by Crippen LogP contribution is -2.38. The first-order valence-electron chi connectivity index (χ1n) is 7.10. The van der Waals surface area contributed by atoms with Crippen LogP contribution in [0.3, 0.4) is 0 Å². The lowest BCUT2D eigenvalue weighted by molar-refractivity contribution is -0.121. The first-order valence-corrected chi connectivity index (χ1v) is 7.86. The van der Waals surface area contributed by atoms with E-state index < -0.39 is 0 Å². The van der Waals surface area contributed by atoms with Gasteiger partial charge in [-0.05, 0) is 38.1 Å². The second-order valence-corrected chi connectivity index (χ2v) is 5.63. The summed E-state index contributed by atoms with van der Waals surface area (Å²) in [4.78, 5) is 11.6. The molecule has 1 atom stereocenters. The summed E-state index contributed by atoms with van der Waals surface area (Å²) in [7, 11) is 0. The smallest absolute Gasteiger partial charge is 0.220 e. The SMILES string of the molecule is CCN[C@H](C)CNC(=O)CCCOc1ccc(Cl)cc1Cl.Cl. The fraction of sp³-hybridized carbons (Fsp3) is 0.533. The summed E-state index contributed by atoms with van der Waals surface area (Å²) in [5, 5.41) is 7.17. The summed E-state index contributed by atoms with van der Waals surface area (Å²) in [6.45, 7) is 6.05. The molecule has 0 spiro atoms. The average Bonchev–Trinajstić information content (AvgIpc) is 2.43. The third-order valence-electron chi connectivity index (χ3n) is 2.86. The van der Waals surface area contributed by atoms with Gasteiger partial charge in [-0.3, -0.25) is 4.79 Å². The molecule has 0 saturated heterocycles. The molecule has 2 N–H and O–H groups in total. The van der Waals surface area contributed by atoms with Crippen molar-refractivity contribution in [2.45, 2.75) is 32.7 Å². The van der Waals surface area contributed by atoms with Crippen LogP contribution in [0.5, 0.6) is 5.75 Å². The van der Waals surface area contributed by atoms with Crippen LogP contribution < -0.4 is 15.4 Å². The number of amides is 1. The zero-order valence-electron chi connectivity index (χ0n) is 12.8. The van der Waals surface area contributed by atoms with Crippen LogP contribution in [0.1, 0.15) is 26.7 Å². The van der Waals surface area contributed by atoms with E-state index >= 15 is 0 Å². The first kappa shape index (κ1) is 21.3. The minimum atomic E-state index is 0. The van der Waals surface area contributed by atoms with E-state index in [4.69, 9.17) is 27.9 Å². The fourth-order valence-electron chi connectivity index (χ4n) is 1.78. The highest BCUT2D eigenvalue weighted by Gasteiger charge is 2.06. The zero-order chi connectivity index (χ0) is 15.7. The van der Waals surface area contributed by atoms with E-state index in [-0.39, 0.29) is 24.4 Å². The molecular weight excluding hydrogens is 347 g/mol. The molecular formula is C15H23Cl3N2O2. The standard InChI is InChI=1S/C15H22Cl2N2O2.ClH/c1-3-18-11(2)10-19-15(20)5-4-8-21-14-7-6-12(16)9-13(14)17;/h6-7,9,11,18H,3-5,8,10H2,1-2H3,(H,19,20);1H/t11-;/m1./s1. The molecule has 7 heteroatoms. The van der Waals surface area contributed by atoms with Crippen LogP contribution in [-0.2, 0) is 4.79 Å². The van der Waals surface area contributed by atoms with Crippen LogP contribution in [0.2, 0.25) is 10.0 Å². The van der Waals surface area contributed by atoms with E-state index in [1.165, 1.54) is 0 Å². The van der Waals surface area contributed by atoms with E-state index in [0.29, 0.717) is 41.8 Å². The Hall–Kier alpha value is -0.680. The molecule has 0 aliphatic rings. The number of hydrogen-bond acceptors (Lipinski definition) is 3. The van der Waals surface area contributed by atoms with Crippen molar-refractivity contribution < 1.29 is 9.53 Å². The quantitative estimate of drug-likeness (QED) is 0.653. The number of hydrogen-bond donors (Lipinski definition) is 2. The topological polar surface area (TPSA) is 50.4 Å². The largest absolute Gasteiger partial charge is 0.492 e. The van der Waals surface area contributed by atoms with Gasteiger partial charge in [0.25, 0.3) is 0 Å². The normalized spacial score (nSPS) is 11.5. The molecule has 1 aromatic rings. The van der Waals surface area contributed by atoms with Crippen molar-refractivity contribution in [3.8, 4) is 5.75 Å². The number of likely N-dealkylation sites (N-methyl/N-ethyl adjacent to an activating group) is 1. The van der Waals surface area contributed by atoms with Gasteiger partial charge in [0.1, 0.15) is 5.75 Å². The number of halogens is 3. The molecule has 0 unspecified atom stereocenters. The van der Waals surface area contributed by atoms with Gasteiger partial charge in [-0.25, -0.2) is 0 Å². The van der Waals surface area contributed by atoms with Crippen molar-refractivity contribution in [2.75, 3.05) is 19.7 Å². The van der Waals surface area contributed by atoms with Gasteiger partial charge in [-0.15, -0.1) is 12.4 Å². The third kappa shape index (κ3) is 8.69. The molecule has 0 aliphatic carbocycles. The highest BCUT2D eigenvalue weighted by atomic mass is 35.5. The van der Waals surface area contributed by atoms with E-state index in [9.17, 15) is 4.79 Å². The third-order valence-corrected chi connectivity index (χ3v) is 3.39. The summed E-state index contributed by atoms with van der Waals surface area (Å²) in [5.74, 6) is 0.618. The van der Waals surface area contributed by atoms with Crippen LogP contribution in [0.25, 0.3) is 0 Å². The molecule has 22 heavy (non-hydrogen) atoms. The van der Waals surface area contributed by atoms with Gasteiger partial charge >= 0.3 is 0 Å². The monoisotopic (exact) mass is 368 g/mol. The summed E-state index contributed by atoms with van der Waals surface area (Å²) in [5.41, 5.74) is 0. The van der Waals surface area contributed by atoms with Crippen molar-refractivity contribution >= 4 is 41.5 Å². The highest BCUT2D eigenvalue weighted by Crippen LogP contribution is 2.27. The zero-order valence-corrected chi connectivity index (χ0v) is 15.2. The summed E-state index contributed by atoms with van der Waals surface area (Å²) < 4.78 is 5.52. The van der Waals surface area contributed by atoms with Crippen molar-refractivity contribution in [1.82, 2.24) is 10.6 Å². The summed E-state index contributed by atoms with van der Waals surface area (Å²) in [6, 6.07) is 5.36. The number of carbonyl (C=O) groups excluding carboxylic acids is 1. The average molecular weight is 370 g/mol. The summed E-state index contributed by atoms with van der Waals surface area (Å²) in [6.07, 6.45) is 1.07. The van der Waals surface area contributed by atoms with Gasteiger partial charge in [0.15, 0.2) is 0 Å². The minimum Gasteiger partial charge on any atom is -0.492 e. The molecule has 0 saturated carbocycles. The van der Waals surface area contributed by atoms with E-state index in [1.54, 1.807) is 18.2 Å². The van der Waals surface area contributed by atoms with Crippen LogP contribution in [0.4, 0.5) is 0 Å². The molecule has 0 fully saturated rings. The molecule has 0 aromatic heterocycles. The Morgan fingerprint density at radius 1 is 1.36 bits per heavy atom. The van der Waals surface area contributed by atoms with E-state index in [0.717, 1.165) is 6.54 Å². The highest BCUT2D eigenvalue weighted by molar-refractivity contribution is 6.35. The molecule has 1 amide bonds. The van der Waals surface area contributed by atoms with Crippen molar-refractivity contribution in [3.63, 3.8) is 0 Å². The lowest BCUT2D eigenvalue weighted by Gasteiger charge is -2.13. The van der Waals surface area contributed by atoms with Crippen LogP contribution >= 0.6 is 35.6 Å². The van der Waals surface area contributed by atoms with Gasteiger partial charge in [0.2, 0.25) is 5.91 Å². The van der Waals surface area contributed by atoms with Crippen molar-refractivity contribution in [1.29, 1.82) is 0 Å². The van der Waals surface area contributed by atoms with Crippen LogP contribution in [0.15, 0.2) is 18.2 Å². The second kappa shape index (κ2) is 11.8. The van der Waals surface area contributed by atoms with E-state index in [2.05, 4.69) is 10.6 Å². The van der Waals surface area contributed by atoms with Gasteiger partial charge in [0.05, 0.1) is 11.6 Å². The number of benzene rings is 1. The Bertz CT molecular complexity index is 458. The molecule has 1 rings (SSSR count). The molecule has 0 heterocycles. The van der Waals surface area contributed by atoms with Crippen LogP contribution in [0, 0.1) is 0 Å². The molecule has 126 valence electrons. The molecule has 0 aliphatic heterocycles. The molecule has 0 radical (unpaired) electrons. The predicted octanol–water partition coefficient (Wildman–Crippen LogP) is 3.69. The Labute approximate surface area is 148 Å². The molecule has 4 nitrogen and oxygen atoms in total. The minimum absolute atomic E-state index is 0. The fourth-order valence-corrected chi connectivity index (χ4v) is 2.25. The maximum atomic E-state index is 11.6. The van der Waals surface area contributed by atoms with E-state index in [1.807, 2.05) is 13.8 Å². The maximum Gasteiger partial charge on any atom is 0.220 e. The molecule has 1 aromatic carbocycles. The number of nitrogens with one attached hydrogen (secondary N) is 2. The van der Waals surface area contributed by atoms with Crippen molar-refractivity contribution in [2.24, 2.45) is 0 Å². The predicted molar refractivity (Wildman–Crippen MR) is 94.6 cm³/mol. The second-order valence-electron chi connectivity index (χ2n) is 4.79. The summed E-state index contributed by atoms with van der Waals surface area (Å²) >= 11 is 11.8. The van der Waals surface area contributed by atoms with Crippen LogP contribution in [-0.4, -0.2) is 31.6 Å².